The fourth-order valence-corrected chi connectivity index (χ4v) is 2.09. The molecule has 0 amide bonds. The van der Waals surface area contributed by atoms with E-state index in [1.54, 1.807) is 12.1 Å². The van der Waals surface area contributed by atoms with E-state index < -0.39 is 5.43 Å². The van der Waals surface area contributed by atoms with Gasteiger partial charge in [-0.1, -0.05) is 6.07 Å². The van der Waals surface area contributed by atoms with Crippen LogP contribution in [0.2, 0.25) is 0 Å². The van der Waals surface area contributed by atoms with Crippen molar-refractivity contribution in [1.29, 1.82) is 0 Å². The highest BCUT2D eigenvalue weighted by Gasteiger charge is 2.14. The highest BCUT2D eigenvalue weighted by atomic mass is 16.3. The third-order valence-electron chi connectivity index (χ3n) is 3.05. The zero-order chi connectivity index (χ0) is 14.3. The summed E-state index contributed by atoms with van der Waals surface area (Å²) in [7, 11) is 0. The van der Waals surface area contributed by atoms with Gasteiger partial charge in [-0.25, -0.2) is 0 Å². The molecule has 3 rings (SSSR count). The number of phenols is 3. The van der Waals surface area contributed by atoms with Crippen LogP contribution >= 0.6 is 0 Å². The van der Waals surface area contributed by atoms with E-state index in [9.17, 15) is 20.1 Å². The first kappa shape index (κ1) is 12.1. The monoisotopic (exact) mass is 270 g/mol. The molecule has 0 bridgehead atoms. The minimum atomic E-state index is -0.453. The third-order valence-corrected chi connectivity index (χ3v) is 3.05. The molecule has 0 aliphatic heterocycles. The van der Waals surface area contributed by atoms with Gasteiger partial charge in [-0.15, -0.1) is 0 Å². The Hall–Kier alpha value is -2.95. The number of hydrogen-bond acceptors (Lipinski definition) is 5. The van der Waals surface area contributed by atoms with Crippen LogP contribution in [0.25, 0.3) is 22.1 Å². The summed E-state index contributed by atoms with van der Waals surface area (Å²) in [6, 6.07) is 8.41. The van der Waals surface area contributed by atoms with Crippen LogP contribution in [-0.4, -0.2) is 15.3 Å². The summed E-state index contributed by atoms with van der Waals surface area (Å²) >= 11 is 0. The van der Waals surface area contributed by atoms with Gasteiger partial charge in [0.1, 0.15) is 34.5 Å². The van der Waals surface area contributed by atoms with Crippen molar-refractivity contribution in [3.8, 4) is 28.4 Å². The van der Waals surface area contributed by atoms with Crippen LogP contribution in [0, 0.1) is 0 Å². The van der Waals surface area contributed by atoms with Crippen LogP contribution in [-0.2, 0) is 0 Å². The van der Waals surface area contributed by atoms with E-state index in [2.05, 4.69) is 0 Å². The molecular weight excluding hydrogens is 260 g/mol. The predicted molar refractivity (Wildman–Crippen MR) is 72.9 cm³/mol. The molecular formula is C15H10O5. The summed E-state index contributed by atoms with van der Waals surface area (Å²) in [6.45, 7) is 0. The Morgan fingerprint density at radius 2 is 1.70 bits per heavy atom. The molecule has 0 aliphatic carbocycles. The molecule has 1 heterocycles. The molecule has 3 aromatic rings. The van der Waals surface area contributed by atoms with Crippen molar-refractivity contribution in [3.05, 3.63) is 52.9 Å². The Balaban J connectivity index is 2.35. The van der Waals surface area contributed by atoms with Gasteiger partial charge in [0, 0.05) is 11.6 Å². The Bertz CT molecular complexity index is 864. The van der Waals surface area contributed by atoms with Crippen LogP contribution in [0.1, 0.15) is 0 Å². The zero-order valence-electron chi connectivity index (χ0n) is 10.2. The number of hydrogen-bond donors (Lipinski definition) is 3. The lowest BCUT2D eigenvalue weighted by molar-refractivity contribution is 0.451. The summed E-state index contributed by atoms with van der Waals surface area (Å²) in [4.78, 5) is 12.4. The normalized spacial score (nSPS) is 10.8. The van der Waals surface area contributed by atoms with Gasteiger partial charge < -0.3 is 19.7 Å². The molecule has 0 saturated heterocycles. The van der Waals surface area contributed by atoms with Crippen LogP contribution in [0.15, 0.2) is 51.9 Å². The van der Waals surface area contributed by atoms with Gasteiger partial charge in [0.15, 0.2) is 0 Å². The van der Waals surface area contributed by atoms with E-state index in [4.69, 9.17) is 4.42 Å². The van der Waals surface area contributed by atoms with Crippen molar-refractivity contribution in [2.75, 3.05) is 0 Å². The number of phenolic OH excluding ortho intramolecular Hbond substituents is 3. The molecule has 0 saturated carbocycles. The molecule has 3 N–H and O–H groups in total. The van der Waals surface area contributed by atoms with Gasteiger partial charge in [0.2, 0.25) is 5.43 Å². The van der Waals surface area contributed by atoms with Gasteiger partial charge in [-0.05, 0) is 24.3 Å². The molecule has 0 spiro atoms. The second-order valence-electron chi connectivity index (χ2n) is 4.33. The Morgan fingerprint density at radius 1 is 0.900 bits per heavy atom. The highest BCUT2D eigenvalue weighted by Crippen LogP contribution is 2.32. The van der Waals surface area contributed by atoms with E-state index in [1.807, 2.05) is 0 Å². The smallest absolute Gasteiger partial charge is 0.204 e. The van der Waals surface area contributed by atoms with Crippen LogP contribution < -0.4 is 5.43 Å². The first-order valence-corrected chi connectivity index (χ1v) is 5.84. The number of rotatable bonds is 1. The maximum Gasteiger partial charge on any atom is 0.204 e. The van der Waals surface area contributed by atoms with Crippen LogP contribution in [0.5, 0.6) is 17.2 Å². The molecule has 2 aromatic carbocycles. The van der Waals surface area contributed by atoms with Crippen molar-refractivity contribution < 1.29 is 19.7 Å². The quantitative estimate of drug-likeness (QED) is 0.632. The lowest BCUT2D eigenvalue weighted by atomic mass is 10.0. The van der Waals surface area contributed by atoms with Gasteiger partial charge in [0.25, 0.3) is 0 Å². The molecule has 0 atom stereocenters. The van der Waals surface area contributed by atoms with E-state index in [0.717, 1.165) is 6.07 Å². The van der Waals surface area contributed by atoms with E-state index in [0.29, 0.717) is 0 Å². The standard InChI is InChI=1S/C15H10O5/c16-8-4-5-9(12(18)6-8)10-7-20-13-3-1-2-11(17)14(13)15(10)19/h1-7,16-18H. The van der Waals surface area contributed by atoms with E-state index >= 15 is 0 Å². The van der Waals surface area contributed by atoms with Crippen LogP contribution in [0.4, 0.5) is 0 Å². The topological polar surface area (TPSA) is 90.9 Å². The van der Waals surface area contributed by atoms with Gasteiger partial charge >= 0.3 is 0 Å². The summed E-state index contributed by atoms with van der Waals surface area (Å²) in [5.74, 6) is -0.539. The summed E-state index contributed by atoms with van der Waals surface area (Å²) in [5, 5.41) is 28.9. The lowest BCUT2D eigenvalue weighted by Gasteiger charge is -2.06. The molecule has 5 nitrogen and oxygen atoms in total. The first-order chi connectivity index (χ1) is 9.58. The minimum Gasteiger partial charge on any atom is -0.508 e. The molecule has 0 fully saturated rings. The van der Waals surface area contributed by atoms with Gasteiger partial charge in [-0.2, -0.15) is 0 Å². The molecule has 0 unspecified atom stereocenters. The first-order valence-electron chi connectivity index (χ1n) is 5.84. The zero-order valence-corrected chi connectivity index (χ0v) is 10.2. The third kappa shape index (κ3) is 1.76. The summed E-state index contributed by atoms with van der Waals surface area (Å²) in [6.07, 6.45) is 1.22. The molecule has 0 aliphatic rings. The minimum absolute atomic E-state index is 0.0532. The SMILES string of the molecule is O=c1c(-c2ccc(O)cc2O)coc2cccc(O)c12. The molecule has 1 aromatic heterocycles. The summed E-state index contributed by atoms with van der Waals surface area (Å²) < 4.78 is 5.31. The molecule has 0 radical (unpaired) electrons. The maximum absolute atomic E-state index is 12.4. The lowest BCUT2D eigenvalue weighted by Crippen LogP contribution is -2.05. The summed E-state index contributed by atoms with van der Waals surface area (Å²) in [5.41, 5.74) is 0.139. The van der Waals surface area contributed by atoms with Gasteiger partial charge in [-0.3, -0.25) is 4.79 Å². The van der Waals surface area contributed by atoms with Crippen molar-refractivity contribution in [3.63, 3.8) is 0 Å². The second-order valence-corrected chi connectivity index (χ2v) is 4.33. The van der Waals surface area contributed by atoms with Crippen LogP contribution in [0.3, 0.4) is 0 Å². The number of aromatic hydroxyl groups is 3. The predicted octanol–water partition coefficient (Wildman–Crippen LogP) is 2.58. The Labute approximate surface area is 113 Å². The largest absolute Gasteiger partial charge is 0.508 e. The maximum atomic E-state index is 12.4. The molecule has 5 heteroatoms. The Morgan fingerprint density at radius 3 is 2.45 bits per heavy atom. The average molecular weight is 270 g/mol. The fraction of sp³-hybridized carbons (Fsp3) is 0. The highest BCUT2D eigenvalue weighted by molar-refractivity contribution is 5.87. The molecule has 100 valence electrons. The van der Waals surface area contributed by atoms with Crippen molar-refractivity contribution >= 4 is 11.0 Å². The number of benzene rings is 2. The van der Waals surface area contributed by atoms with Gasteiger partial charge in [0.05, 0.1) is 5.56 Å². The fourth-order valence-electron chi connectivity index (χ4n) is 2.09. The second kappa shape index (κ2) is 4.31. The van der Waals surface area contributed by atoms with E-state index in [-0.39, 0.29) is 39.3 Å². The van der Waals surface area contributed by atoms with Crippen molar-refractivity contribution in [1.82, 2.24) is 0 Å². The van der Waals surface area contributed by atoms with E-state index in [1.165, 1.54) is 24.5 Å². The average Bonchev–Trinajstić information content (AvgIpc) is 2.40. The number of fused-ring (bicyclic) bond motifs is 1. The van der Waals surface area contributed by atoms with Crippen molar-refractivity contribution in [2.24, 2.45) is 0 Å². The molecule has 20 heavy (non-hydrogen) atoms. The van der Waals surface area contributed by atoms with Crippen molar-refractivity contribution in [2.45, 2.75) is 0 Å². The Kier molecular flexibility index (Phi) is 2.61.